The van der Waals surface area contributed by atoms with Crippen molar-refractivity contribution in [2.75, 3.05) is 13.2 Å². The van der Waals surface area contributed by atoms with Crippen LogP contribution in [0.15, 0.2) is 6.20 Å². The molecule has 0 unspecified atom stereocenters. The third-order valence-corrected chi connectivity index (χ3v) is 2.77. The first-order valence-electron chi connectivity index (χ1n) is 5.11. The van der Waals surface area contributed by atoms with Gasteiger partial charge in [0.25, 0.3) is 0 Å². The van der Waals surface area contributed by atoms with Gasteiger partial charge in [0.2, 0.25) is 0 Å². The first kappa shape index (κ1) is 10.2. The molecular weight excluding hydrogens is 196 g/mol. The minimum Gasteiger partial charge on any atom is -0.478 e. The summed E-state index contributed by atoms with van der Waals surface area (Å²) < 4.78 is 5.25. The SMILES string of the molecule is O=C(O)c1c[nH]nc1CC1CCOCC1. The number of aromatic nitrogens is 2. The highest BCUT2D eigenvalue weighted by Gasteiger charge is 2.19. The van der Waals surface area contributed by atoms with Crippen molar-refractivity contribution in [1.82, 2.24) is 10.2 Å². The van der Waals surface area contributed by atoms with Crippen molar-refractivity contribution in [3.05, 3.63) is 17.5 Å². The van der Waals surface area contributed by atoms with Crippen LogP contribution in [0.4, 0.5) is 0 Å². The minimum absolute atomic E-state index is 0.293. The number of rotatable bonds is 3. The quantitative estimate of drug-likeness (QED) is 0.782. The summed E-state index contributed by atoms with van der Waals surface area (Å²) in [5, 5.41) is 15.5. The van der Waals surface area contributed by atoms with Crippen LogP contribution in [-0.4, -0.2) is 34.5 Å². The topological polar surface area (TPSA) is 75.2 Å². The number of carboxylic acids is 1. The average molecular weight is 210 g/mol. The van der Waals surface area contributed by atoms with Crippen molar-refractivity contribution in [2.45, 2.75) is 19.3 Å². The Balaban J connectivity index is 2.03. The molecule has 0 spiro atoms. The number of aromatic amines is 1. The van der Waals surface area contributed by atoms with Crippen LogP contribution in [0.3, 0.4) is 0 Å². The van der Waals surface area contributed by atoms with E-state index < -0.39 is 5.97 Å². The van der Waals surface area contributed by atoms with Crippen molar-refractivity contribution in [2.24, 2.45) is 5.92 Å². The Morgan fingerprint density at radius 1 is 1.60 bits per heavy atom. The Kier molecular flexibility index (Phi) is 3.01. The van der Waals surface area contributed by atoms with Gasteiger partial charge in [0.05, 0.1) is 5.69 Å². The molecule has 0 atom stereocenters. The molecule has 1 aromatic heterocycles. The molecule has 0 aliphatic carbocycles. The Labute approximate surface area is 87.4 Å². The van der Waals surface area contributed by atoms with E-state index in [1.54, 1.807) is 0 Å². The Morgan fingerprint density at radius 3 is 3.00 bits per heavy atom. The summed E-state index contributed by atoms with van der Waals surface area (Å²) in [6.45, 7) is 1.55. The summed E-state index contributed by atoms with van der Waals surface area (Å²) in [5.41, 5.74) is 0.955. The summed E-state index contributed by atoms with van der Waals surface area (Å²) in [6.07, 6.45) is 4.16. The maximum Gasteiger partial charge on any atom is 0.339 e. The van der Waals surface area contributed by atoms with E-state index in [-0.39, 0.29) is 0 Å². The number of carboxylic acid groups (broad SMARTS) is 1. The van der Waals surface area contributed by atoms with Crippen LogP contribution in [0.1, 0.15) is 28.9 Å². The van der Waals surface area contributed by atoms with Gasteiger partial charge in [-0.05, 0) is 25.2 Å². The fourth-order valence-electron chi connectivity index (χ4n) is 1.88. The van der Waals surface area contributed by atoms with Crippen LogP contribution in [0.25, 0.3) is 0 Å². The van der Waals surface area contributed by atoms with Crippen molar-refractivity contribution in [3.8, 4) is 0 Å². The lowest BCUT2D eigenvalue weighted by atomic mass is 9.94. The van der Waals surface area contributed by atoms with Gasteiger partial charge < -0.3 is 9.84 Å². The smallest absolute Gasteiger partial charge is 0.339 e. The zero-order valence-electron chi connectivity index (χ0n) is 8.40. The monoisotopic (exact) mass is 210 g/mol. The maximum absolute atomic E-state index is 10.8. The van der Waals surface area contributed by atoms with Crippen molar-refractivity contribution in [1.29, 1.82) is 0 Å². The van der Waals surface area contributed by atoms with E-state index in [4.69, 9.17) is 9.84 Å². The van der Waals surface area contributed by atoms with Gasteiger partial charge >= 0.3 is 5.97 Å². The van der Waals surface area contributed by atoms with Gasteiger partial charge in [-0.3, -0.25) is 5.10 Å². The molecule has 0 radical (unpaired) electrons. The summed E-state index contributed by atoms with van der Waals surface area (Å²) in [6, 6.07) is 0. The highest BCUT2D eigenvalue weighted by Crippen LogP contribution is 2.20. The van der Waals surface area contributed by atoms with Crippen LogP contribution >= 0.6 is 0 Å². The first-order valence-corrected chi connectivity index (χ1v) is 5.11. The normalized spacial score (nSPS) is 17.9. The zero-order chi connectivity index (χ0) is 10.7. The number of H-pyrrole nitrogens is 1. The zero-order valence-corrected chi connectivity index (χ0v) is 8.40. The standard InChI is InChI=1S/C10H14N2O3/c13-10(14)8-6-11-12-9(8)5-7-1-3-15-4-2-7/h6-7H,1-5H2,(H,11,12)(H,13,14). The molecule has 2 rings (SSSR count). The van der Waals surface area contributed by atoms with Gasteiger partial charge in [0.1, 0.15) is 5.56 Å². The summed E-state index contributed by atoms with van der Waals surface area (Å²) in [5.74, 6) is -0.411. The summed E-state index contributed by atoms with van der Waals surface area (Å²) in [7, 11) is 0. The minimum atomic E-state index is -0.911. The predicted octanol–water partition coefficient (Wildman–Crippen LogP) is 1.08. The van der Waals surface area contributed by atoms with Crippen LogP contribution in [0, 0.1) is 5.92 Å². The Hall–Kier alpha value is -1.36. The van der Waals surface area contributed by atoms with E-state index in [1.165, 1.54) is 6.20 Å². The summed E-state index contributed by atoms with van der Waals surface area (Å²) in [4.78, 5) is 10.8. The molecule has 1 aliphatic rings. The molecule has 1 fully saturated rings. The molecule has 5 heteroatoms. The lowest BCUT2D eigenvalue weighted by Crippen LogP contribution is -2.18. The molecule has 15 heavy (non-hydrogen) atoms. The van der Waals surface area contributed by atoms with Gasteiger partial charge in [0, 0.05) is 19.4 Å². The van der Waals surface area contributed by atoms with E-state index in [1.807, 2.05) is 0 Å². The van der Waals surface area contributed by atoms with Crippen molar-refractivity contribution in [3.63, 3.8) is 0 Å². The molecule has 1 saturated heterocycles. The Morgan fingerprint density at radius 2 is 2.33 bits per heavy atom. The first-order chi connectivity index (χ1) is 7.27. The number of aromatic carboxylic acids is 1. The van der Waals surface area contributed by atoms with Gasteiger partial charge in [-0.15, -0.1) is 0 Å². The average Bonchev–Trinajstić information content (AvgIpc) is 2.67. The molecule has 0 bridgehead atoms. The number of carbonyl (C=O) groups is 1. The second-order valence-corrected chi connectivity index (χ2v) is 3.81. The van der Waals surface area contributed by atoms with Gasteiger partial charge in [0.15, 0.2) is 0 Å². The van der Waals surface area contributed by atoms with Gasteiger partial charge in [-0.25, -0.2) is 4.79 Å². The molecular formula is C10H14N2O3. The molecule has 5 nitrogen and oxygen atoms in total. The molecule has 0 saturated carbocycles. The van der Waals surface area contributed by atoms with Gasteiger partial charge in [-0.1, -0.05) is 0 Å². The molecule has 1 aliphatic heterocycles. The van der Waals surface area contributed by atoms with Crippen molar-refractivity contribution < 1.29 is 14.6 Å². The second-order valence-electron chi connectivity index (χ2n) is 3.81. The van der Waals surface area contributed by atoms with E-state index in [0.717, 1.165) is 32.5 Å². The third kappa shape index (κ3) is 2.36. The number of ether oxygens (including phenoxy) is 1. The number of hydrogen-bond acceptors (Lipinski definition) is 3. The van der Waals surface area contributed by atoms with Gasteiger partial charge in [-0.2, -0.15) is 5.10 Å². The molecule has 1 aromatic rings. The van der Waals surface area contributed by atoms with Crippen LogP contribution < -0.4 is 0 Å². The summed E-state index contributed by atoms with van der Waals surface area (Å²) >= 11 is 0. The fourth-order valence-corrected chi connectivity index (χ4v) is 1.88. The Bertz CT molecular complexity index is 342. The highest BCUT2D eigenvalue weighted by atomic mass is 16.5. The molecule has 0 amide bonds. The van der Waals surface area contributed by atoms with Crippen LogP contribution in [0.5, 0.6) is 0 Å². The van der Waals surface area contributed by atoms with E-state index in [2.05, 4.69) is 10.2 Å². The highest BCUT2D eigenvalue weighted by molar-refractivity contribution is 5.88. The van der Waals surface area contributed by atoms with E-state index in [9.17, 15) is 4.79 Å². The molecule has 82 valence electrons. The van der Waals surface area contributed by atoms with Crippen LogP contribution in [0.2, 0.25) is 0 Å². The largest absolute Gasteiger partial charge is 0.478 e. The van der Waals surface area contributed by atoms with Crippen LogP contribution in [-0.2, 0) is 11.2 Å². The molecule has 0 aromatic carbocycles. The molecule has 2 heterocycles. The molecule has 2 N–H and O–H groups in total. The van der Waals surface area contributed by atoms with Crippen molar-refractivity contribution >= 4 is 5.97 Å². The maximum atomic E-state index is 10.8. The number of hydrogen-bond donors (Lipinski definition) is 2. The number of nitrogens with zero attached hydrogens (tertiary/aromatic N) is 1. The predicted molar refractivity (Wildman–Crippen MR) is 52.8 cm³/mol. The number of nitrogens with one attached hydrogen (secondary N) is 1. The van der Waals surface area contributed by atoms with E-state index in [0.29, 0.717) is 17.2 Å². The fraction of sp³-hybridized carbons (Fsp3) is 0.600. The second kappa shape index (κ2) is 4.44. The lowest BCUT2D eigenvalue weighted by Gasteiger charge is -2.21. The lowest BCUT2D eigenvalue weighted by molar-refractivity contribution is 0.0654. The third-order valence-electron chi connectivity index (χ3n) is 2.77. The van der Waals surface area contributed by atoms with E-state index >= 15 is 0 Å².